The molecule has 0 aromatic heterocycles. The Labute approximate surface area is 117 Å². The Morgan fingerprint density at radius 3 is 2.72 bits per heavy atom. The second-order valence-corrected chi connectivity index (χ2v) is 5.96. The number of halogens is 1. The summed E-state index contributed by atoms with van der Waals surface area (Å²) in [4.78, 5) is 14.3. The van der Waals surface area contributed by atoms with Crippen molar-refractivity contribution in [2.75, 3.05) is 20.1 Å². The van der Waals surface area contributed by atoms with Gasteiger partial charge in [-0.05, 0) is 44.6 Å². The summed E-state index contributed by atoms with van der Waals surface area (Å²) >= 11 is 0. The Bertz CT molecular complexity index is 273. The van der Waals surface area contributed by atoms with Crippen LogP contribution in [0.4, 0.5) is 0 Å². The van der Waals surface area contributed by atoms with Crippen LogP contribution in [0, 0.1) is 11.8 Å². The summed E-state index contributed by atoms with van der Waals surface area (Å²) < 4.78 is 0. The third-order valence-electron chi connectivity index (χ3n) is 4.45. The van der Waals surface area contributed by atoms with Crippen molar-refractivity contribution >= 4 is 18.3 Å². The molecular weight excluding hydrogens is 248 g/mol. The summed E-state index contributed by atoms with van der Waals surface area (Å²) in [6.07, 6.45) is 6.99. The van der Waals surface area contributed by atoms with E-state index in [1.807, 2.05) is 7.05 Å². The molecule has 2 fully saturated rings. The lowest BCUT2D eigenvalue weighted by Crippen LogP contribution is -2.47. The van der Waals surface area contributed by atoms with Gasteiger partial charge in [0.2, 0.25) is 5.91 Å². The number of amides is 1. The van der Waals surface area contributed by atoms with Gasteiger partial charge in [-0.2, -0.15) is 0 Å². The van der Waals surface area contributed by atoms with Gasteiger partial charge in [-0.25, -0.2) is 0 Å². The van der Waals surface area contributed by atoms with Crippen molar-refractivity contribution in [1.82, 2.24) is 10.2 Å². The van der Waals surface area contributed by atoms with Crippen LogP contribution in [-0.2, 0) is 4.79 Å². The van der Waals surface area contributed by atoms with Crippen LogP contribution >= 0.6 is 12.4 Å². The molecule has 2 rings (SSSR count). The maximum atomic E-state index is 12.2. The van der Waals surface area contributed by atoms with E-state index in [2.05, 4.69) is 17.1 Å². The number of carbonyl (C=O) groups is 1. The molecule has 1 saturated heterocycles. The molecule has 1 amide bonds. The van der Waals surface area contributed by atoms with Crippen molar-refractivity contribution in [3.63, 3.8) is 0 Å². The first-order valence-electron chi connectivity index (χ1n) is 7.14. The maximum absolute atomic E-state index is 12.2. The van der Waals surface area contributed by atoms with E-state index in [1.54, 1.807) is 0 Å². The third-order valence-corrected chi connectivity index (χ3v) is 4.45. The van der Waals surface area contributed by atoms with Gasteiger partial charge in [-0.15, -0.1) is 12.4 Å². The minimum Gasteiger partial charge on any atom is -0.341 e. The Morgan fingerprint density at radius 1 is 1.33 bits per heavy atom. The van der Waals surface area contributed by atoms with Crippen molar-refractivity contribution in [3.8, 4) is 0 Å². The molecule has 3 unspecified atom stereocenters. The SMILES string of the molecule is CNC1CCCN(C(=O)CC2CCC(C)C2)C1.Cl. The number of likely N-dealkylation sites (N-methyl/N-ethyl adjacent to an activating group) is 1. The van der Waals surface area contributed by atoms with Gasteiger partial charge in [-0.1, -0.05) is 13.3 Å². The standard InChI is InChI=1S/C14H26N2O.ClH/c1-11-5-6-12(8-11)9-14(17)16-7-3-4-13(10-16)15-2;/h11-13,15H,3-10H2,1-2H3;1H. The Morgan fingerprint density at radius 2 is 2.11 bits per heavy atom. The second kappa shape index (κ2) is 7.34. The lowest BCUT2D eigenvalue weighted by Gasteiger charge is -2.33. The highest BCUT2D eigenvalue weighted by Crippen LogP contribution is 2.33. The van der Waals surface area contributed by atoms with E-state index in [4.69, 9.17) is 0 Å². The smallest absolute Gasteiger partial charge is 0.222 e. The highest BCUT2D eigenvalue weighted by atomic mass is 35.5. The maximum Gasteiger partial charge on any atom is 0.222 e. The molecule has 3 atom stereocenters. The van der Waals surface area contributed by atoms with Gasteiger partial charge in [-0.3, -0.25) is 4.79 Å². The summed E-state index contributed by atoms with van der Waals surface area (Å²) in [6, 6.07) is 0.509. The summed E-state index contributed by atoms with van der Waals surface area (Å²) in [5, 5.41) is 3.30. The van der Waals surface area contributed by atoms with Gasteiger partial charge in [0.25, 0.3) is 0 Å². The summed E-state index contributed by atoms with van der Waals surface area (Å²) in [5.41, 5.74) is 0. The average Bonchev–Trinajstić information content (AvgIpc) is 2.75. The zero-order chi connectivity index (χ0) is 12.3. The molecule has 1 saturated carbocycles. The molecule has 4 heteroatoms. The molecule has 1 aliphatic heterocycles. The number of rotatable bonds is 3. The molecule has 3 nitrogen and oxygen atoms in total. The van der Waals surface area contributed by atoms with Crippen molar-refractivity contribution in [2.45, 2.75) is 51.5 Å². The van der Waals surface area contributed by atoms with E-state index in [-0.39, 0.29) is 12.4 Å². The third kappa shape index (κ3) is 4.13. The number of carbonyl (C=O) groups excluding carboxylic acids is 1. The fourth-order valence-electron chi connectivity index (χ4n) is 3.33. The lowest BCUT2D eigenvalue weighted by molar-refractivity contribution is -0.133. The molecule has 2 aliphatic rings. The number of nitrogens with zero attached hydrogens (tertiary/aromatic N) is 1. The molecule has 1 N–H and O–H groups in total. The van der Waals surface area contributed by atoms with E-state index >= 15 is 0 Å². The van der Waals surface area contributed by atoms with Crippen LogP contribution < -0.4 is 5.32 Å². The molecule has 18 heavy (non-hydrogen) atoms. The van der Waals surface area contributed by atoms with Crippen molar-refractivity contribution < 1.29 is 4.79 Å². The van der Waals surface area contributed by atoms with E-state index in [1.165, 1.54) is 25.7 Å². The van der Waals surface area contributed by atoms with Crippen molar-refractivity contribution in [3.05, 3.63) is 0 Å². The number of hydrogen-bond acceptors (Lipinski definition) is 2. The number of nitrogens with one attached hydrogen (secondary N) is 1. The monoisotopic (exact) mass is 274 g/mol. The van der Waals surface area contributed by atoms with Crippen LogP contribution in [-0.4, -0.2) is 37.0 Å². The molecule has 106 valence electrons. The summed E-state index contributed by atoms with van der Waals surface area (Å²) in [6.45, 7) is 4.19. The summed E-state index contributed by atoms with van der Waals surface area (Å²) in [5.74, 6) is 1.88. The number of likely N-dealkylation sites (tertiary alicyclic amines) is 1. The van der Waals surface area contributed by atoms with Crippen molar-refractivity contribution in [1.29, 1.82) is 0 Å². The van der Waals surface area contributed by atoms with Crippen LogP contribution in [0.15, 0.2) is 0 Å². The number of piperidine rings is 1. The highest BCUT2D eigenvalue weighted by molar-refractivity contribution is 5.85. The topological polar surface area (TPSA) is 32.3 Å². The predicted octanol–water partition coefficient (Wildman–Crippen LogP) is 2.44. The van der Waals surface area contributed by atoms with Crippen LogP contribution in [0.3, 0.4) is 0 Å². The van der Waals surface area contributed by atoms with E-state index in [0.29, 0.717) is 17.9 Å². The fraction of sp³-hybridized carbons (Fsp3) is 0.929. The first-order valence-corrected chi connectivity index (χ1v) is 7.14. The Kier molecular flexibility index (Phi) is 6.44. The zero-order valence-electron chi connectivity index (χ0n) is 11.7. The zero-order valence-corrected chi connectivity index (χ0v) is 12.5. The normalized spacial score (nSPS) is 32.1. The van der Waals surface area contributed by atoms with Crippen LogP contribution in [0.5, 0.6) is 0 Å². The van der Waals surface area contributed by atoms with Gasteiger partial charge in [0, 0.05) is 25.6 Å². The molecule has 0 spiro atoms. The minimum atomic E-state index is 0. The molecule has 0 radical (unpaired) electrons. The minimum absolute atomic E-state index is 0. The summed E-state index contributed by atoms with van der Waals surface area (Å²) in [7, 11) is 2.00. The first kappa shape index (κ1) is 15.8. The quantitative estimate of drug-likeness (QED) is 0.857. The highest BCUT2D eigenvalue weighted by Gasteiger charge is 2.27. The molecule has 0 bridgehead atoms. The van der Waals surface area contributed by atoms with Gasteiger partial charge < -0.3 is 10.2 Å². The molecular formula is C14H27ClN2O. The van der Waals surface area contributed by atoms with Crippen molar-refractivity contribution in [2.24, 2.45) is 11.8 Å². The van der Waals surface area contributed by atoms with Gasteiger partial charge in [0.15, 0.2) is 0 Å². The van der Waals surface area contributed by atoms with E-state index in [0.717, 1.165) is 31.8 Å². The molecule has 1 heterocycles. The lowest BCUT2D eigenvalue weighted by atomic mass is 10.00. The van der Waals surface area contributed by atoms with Gasteiger partial charge >= 0.3 is 0 Å². The molecule has 1 aliphatic carbocycles. The predicted molar refractivity (Wildman–Crippen MR) is 77.0 cm³/mol. The second-order valence-electron chi connectivity index (χ2n) is 5.96. The largest absolute Gasteiger partial charge is 0.341 e. The van der Waals surface area contributed by atoms with Crippen LogP contribution in [0.2, 0.25) is 0 Å². The van der Waals surface area contributed by atoms with Gasteiger partial charge in [0.1, 0.15) is 0 Å². The molecule has 0 aromatic carbocycles. The first-order chi connectivity index (χ1) is 8.19. The van der Waals surface area contributed by atoms with E-state index in [9.17, 15) is 4.79 Å². The number of hydrogen-bond donors (Lipinski definition) is 1. The molecule has 0 aromatic rings. The van der Waals surface area contributed by atoms with Crippen LogP contribution in [0.1, 0.15) is 45.4 Å². The Balaban J connectivity index is 0.00000162. The van der Waals surface area contributed by atoms with Crippen LogP contribution in [0.25, 0.3) is 0 Å². The fourth-order valence-corrected chi connectivity index (χ4v) is 3.33. The Hall–Kier alpha value is -0.280. The van der Waals surface area contributed by atoms with Gasteiger partial charge in [0.05, 0.1) is 0 Å². The van der Waals surface area contributed by atoms with E-state index < -0.39 is 0 Å². The average molecular weight is 275 g/mol.